The molecule has 1 rings (SSSR count). The molecule has 11 heavy (non-hydrogen) atoms. The van der Waals surface area contributed by atoms with Crippen molar-refractivity contribution in [1.29, 1.82) is 0 Å². The first-order chi connectivity index (χ1) is 4.93. The fourth-order valence-electron chi connectivity index (χ4n) is 0.632. The number of nitrogens with zero attached hydrogens (tertiary/aromatic N) is 2. The highest BCUT2D eigenvalue weighted by atomic mass is 127. The first-order valence-corrected chi connectivity index (χ1v) is 4.01. The summed E-state index contributed by atoms with van der Waals surface area (Å²) in [5, 5.41) is 6.38. The van der Waals surface area contributed by atoms with Gasteiger partial charge in [0.25, 0.3) is 0 Å². The molecule has 0 amide bonds. The Labute approximate surface area is 74.7 Å². The minimum atomic E-state index is -4.34. The van der Waals surface area contributed by atoms with Gasteiger partial charge in [-0.2, -0.15) is 18.3 Å². The van der Waals surface area contributed by atoms with Crippen LogP contribution in [0.15, 0.2) is 10.2 Å². The summed E-state index contributed by atoms with van der Waals surface area (Å²) in [7, 11) is 0. The molecule has 0 aromatic rings. The molecule has 0 aromatic heterocycles. The van der Waals surface area contributed by atoms with E-state index in [1.165, 1.54) is 6.92 Å². The topological polar surface area (TPSA) is 24.7 Å². The predicted octanol–water partition coefficient (Wildman–Crippen LogP) is 2.18. The number of alkyl halides is 4. The van der Waals surface area contributed by atoms with E-state index in [0.29, 0.717) is 5.71 Å². The second-order valence-corrected chi connectivity index (χ2v) is 3.33. The van der Waals surface area contributed by atoms with Gasteiger partial charge in [-0.15, -0.1) is 5.10 Å². The van der Waals surface area contributed by atoms with Crippen molar-refractivity contribution in [2.45, 2.75) is 17.0 Å². The van der Waals surface area contributed by atoms with Crippen molar-refractivity contribution in [2.24, 2.45) is 10.2 Å². The zero-order valence-corrected chi connectivity index (χ0v) is 7.64. The molecule has 0 spiro atoms. The van der Waals surface area contributed by atoms with Gasteiger partial charge in [0.2, 0.25) is 0 Å². The fourth-order valence-corrected chi connectivity index (χ4v) is 1.23. The van der Waals surface area contributed by atoms with E-state index in [0.717, 1.165) is 0 Å². The first kappa shape index (κ1) is 8.95. The monoisotopic (exact) mass is 276 g/mol. The molecule has 1 atom stereocenters. The Balaban J connectivity index is 2.83. The van der Waals surface area contributed by atoms with Crippen LogP contribution in [0.5, 0.6) is 0 Å². The average molecular weight is 276 g/mol. The molecule has 0 aliphatic carbocycles. The van der Waals surface area contributed by atoms with Crippen LogP contribution in [0.2, 0.25) is 0 Å². The van der Waals surface area contributed by atoms with Crippen LogP contribution in [-0.2, 0) is 0 Å². The SMILES string of the molecule is CC1=NN=C(C(F)(F)F)C1I. The van der Waals surface area contributed by atoms with Gasteiger partial charge in [0.05, 0.1) is 5.71 Å². The summed E-state index contributed by atoms with van der Waals surface area (Å²) < 4.78 is 35.2. The van der Waals surface area contributed by atoms with Gasteiger partial charge in [0.1, 0.15) is 3.92 Å². The standard InChI is InChI=1S/C5H4F3IN2/c1-2-3(9)4(11-10-2)5(6,7)8/h3H,1H3. The van der Waals surface area contributed by atoms with Crippen molar-refractivity contribution < 1.29 is 13.2 Å². The molecule has 1 unspecified atom stereocenters. The van der Waals surface area contributed by atoms with Crippen LogP contribution in [0, 0.1) is 0 Å². The van der Waals surface area contributed by atoms with E-state index in [4.69, 9.17) is 0 Å². The van der Waals surface area contributed by atoms with Crippen LogP contribution >= 0.6 is 22.6 Å². The summed E-state index contributed by atoms with van der Waals surface area (Å²) in [5.74, 6) is 0. The van der Waals surface area contributed by atoms with Crippen LogP contribution in [0.25, 0.3) is 0 Å². The maximum Gasteiger partial charge on any atom is 0.432 e. The highest BCUT2D eigenvalue weighted by molar-refractivity contribution is 14.1. The minimum Gasteiger partial charge on any atom is -0.165 e. The van der Waals surface area contributed by atoms with Crippen molar-refractivity contribution >= 4 is 34.0 Å². The summed E-state index contributed by atoms with van der Waals surface area (Å²) in [6.45, 7) is 1.53. The van der Waals surface area contributed by atoms with E-state index in [9.17, 15) is 13.2 Å². The first-order valence-electron chi connectivity index (χ1n) is 2.76. The second-order valence-electron chi connectivity index (χ2n) is 2.09. The van der Waals surface area contributed by atoms with Gasteiger partial charge in [-0.05, 0) is 6.92 Å². The van der Waals surface area contributed by atoms with Gasteiger partial charge in [0.15, 0.2) is 5.71 Å². The Morgan fingerprint density at radius 2 is 1.91 bits per heavy atom. The van der Waals surface area contributed by atoms with Crippen LogP contribution in [0.3, 0.4) is 0 Å². The molecule has 62 valence electrons. The number of hydrogen-bond acceptors (Lipinski definition) is 2. The van der Waals surface area contributed by atoms with Crippen molar-refractivity contribution in [3.63, 3.8) is 0 Å². The van der Waals surface area contributed by atoms with Crippen LogP contribution in [-0.4, -0.2) is 21.5 Å². The molecular weight excluding hydrogens is 272 g/mol. The summed E-state index contributed by atoms with van der Waals surface area (Å²) in [6, 6.07) is 0. The Morgan fingerprint density at radius 3 is 2.09 bits per heavy atom. The normalized spacial score (nSPS) is 25.0. The lowest BCUT2D eigenvalue weighted by Crippen LogP contribution is -2.31. The zero-order chi connectivity index (χ0) is 8.65. The molecular formula is C5H4F3IN2. The van der Waals surface area contributed by atoms with Gasteiger partial charge in [-0.3, -0.25) is 0 Å². The van der Waals surface area contributed by atoms with Crippen LogP contribution in [0.4, 0.5) is 13.2 Å². The maximum absolute atomic E-state index is 12.0. The molecule has 0 saturated carbocycles. The Bertz CT molecular complexity index is 230. The smallest absolute Gasteiger partial charge is 0.165 e. The third-order valence-electron chi connectivity index (χ3n) is 1.21. The number of halogens is 4. The average Bonchev–Trinajstić information content (AvgIpc) is 2.11. The molecule has 1 heterocycles. The van der Waals surface area contributed by atoms with Crippen molar-refractivity contribution in [2.75, 3.05) is 0 Å². The highest BCUT2D eigenvalue weighted by Crippen LogP contribution is 2.27. The van der Waals surface area contributed by atoms with Crippen molar-refractivity contribution in [3.05, 3.63) is 0 Å². The molecule has 2 nitrogen and oxygen atoms in total. The largest absolute Gasteiger partial charge is 0.432 e. The lowest BCUT2D eigenvalue weighted by molar-refractivity contribution is -0.0592. The summed E-state index contributed by atoms with van der Waals surface area (Å²) in [5.41, 5.74) is -0.409. The Hall–Kier alpha value is -0.140. The summed E-state index contributed by atoms with van der Waals surface area (Å²) >= 11 is 1.66. The molecule has 0 radical (unpaired) electrons. The van der Waals surface area contributed by atoms with E-state index in [-0.39, 0.29) is 0 Å². The van der Waals surface area contributed by atoms with Gasteiger partial charge in [0, 0.05) is 0 Å². The lowest BCUT2D eigenvalue weighted by atomic mass is 10.2. The Morgan fingerprint density at radius 1 is 1.36 bits per heavy atom. The fraction of sp³-hybridized carbons (Fsp3) is 0.600. The van der Waals surface area contributed by atoms with Gasteiger partial charge in [-0.1, -0.05) is 22.6 Å². The zero-order valence-electron chi connectivity index (χ0n) is 5.48. The number of hydrogen-bond donors (Lipinski definition) is 0. The lowest BCUT2D eigenvalue weighted by Gasteiger charge is -2.08. The maximum atomic E-state index is 12.0. The highest BCUT2D eigenvalue weighted by Gasteiger charge is 2.43. The van der Waals surface area contributed by atoms with Gasteiger partial charge < -0.3 is 0 Å². The molecule has 0 aromatic carbocycles. The van der Waals surface area contributed by atoms with Gasteiger partial charge >= 0.3 is 6.18 Å². The van der Waals surface area contributed by atoms with E-state index < -0.39 is 15.8 Å². The molecule has 0 bridgehead atoms. The van der Waals surface area contributed by atoms with Crippen molar-refractivity contribution in [1.82, 2.24) is 0 Å². The third-order valence-corrected chi connectivity index (χ3v) is 2.70. The second kappa shape index (κ2) is 2.72. The van der Waals surface area contributed by atoms with Gasteiger partial charge in [-0.25, -0.2) is 0 Å². The molecule has 1 aliphatic rings. The Kier molecular flexibility index (Phi) is 2.22. The van der Waals surface area contributed by atoms with E-state index >= 15 is 0 Å². The van der Waals surface area contributed by atoms with E-state index in [1.54, 1.807) is 22.6 Å². The summed E-state index contributed by atoms with van der Waals surface area (Å²) in [4.78, 5) is 0. The predicted molar refractivity (Wildman–Crippen MR) is 44.4 cm³/mol. The molecule has 0 N–H and O–H groups in total. The molecule has 0 saturated heterocycles. The van der Waals surface area contributed by atoms with Crippen LogP contribution < -0.4 is 0 Å². The molecule has 0 fully saturated rings. The third kappa shape index (κ3) is 1.71. The molecule has 6 heteroatoms. The van der Waals surface area contributed by atoms with E-state index in [1.807, 2.05) is 0 Å². The molecule has 1 aliphatic heterocycles. The van der Waals surface area contributed by atoms with E-state index in [2.05, 4.69) is 10.2 Å². The minimum absolute atomic E-state index is 0.401. The van der Waals surface area contributed by atoms with Crippen LogP contribution in [0.1, 0.15) is 6.92 Å². The quantitative estimate of drug-likeness (QED) is 0.478. The van der Waals surface area contributed by atoms with Crippen molar-refractivity contribution in [3.8, 4) is 0 Å². The number of rotatable bonds is 0. The summed E-state index contributed by atoms with van der Waals surface area (Å²) in [6.07, 6.45) is -4.34.